The number of carbonyl (C=O) groups is 1. The van der Waals surface area contributed by atoms with Crippen LogP contribution in [0.3, 0.4) is 0 Å². The maximum absolute atomic E-state index is 12.9. The molecule has 2 aliphatic rings. The van der Waals surface area contributed by atoms with E-state index in [1.54, 1.807) is 6.20 Å². The van der Waals surface area contributed by atoms with E-state index in [0.29, 0.717) is 31.9 Å². The van der Waals surface area contributed by atoms with Gasteiger partial charge in [0.15, 0.2) is 0 Å². The summed E-state index contributed by atoms with van der Waals surface area (Å²) in [6, 6.07) is 9.66. The molecule has 2 fully saturated rings. The van der Waals surface area contributed by atoms with Crippen LogP contribution in [0.5, 0.6) is 0 Å². The van der Waals surface area contributed by atoms with Gasteiger partial charge in [-0.15, -0.1) is 0 Å². The Morgan fingerprint density at radius 1 is 0.867 bits per heavy atom. The number of benzene rings is 1. The molecule has 0 saturated carbocycles. The van der Waals surface area contributed by atoms with Crippen molar-refractivity contribution in [2.24, 2.45) is 0 Å². The Balaban J connectivity index is 1.28. The Bertz CT molecular complexity index is 1070. The number of para-hydroxylation sites is 2. The monoisotopic (exact) mass is 403 g/mol. The van der Waals surface area contributed by atoms with Crippen molar-refractivity contribution >= 4 is 28.7 Å². The minimum absolute atomic E-state index is 0.0733. The number of fused-ring (bicyclic) bond motifs is 1. The van der Waals surface area contributed by atoms with Gasteiger partial charge in [0.25, 0.3) is 5.91 Å². The number of aryl methyl sites for hydroxylation is 1. The van der Waals surface area contributed by atoms with Gasteiger partial charge in [-0.1, -0.05) is 12.1 Å². The fourth-order valence-electron chi connectivity index (χ4n) is 4.12. The number of aromatic nitrogens is 4. The summed E-state index contributed by atoms with van der Waals surface area (Å²) in [5.74, 6) is 1.70. The number of carbonyl (C=O) groups excluding carboxylic acids is 1. The Morgan fingerprint density at radius 3 is 2.37 bits per heavy atom. The molecule has 3 aromatic rings. The largest absolute Gasteiger partial charge is 0.356 e. The molecule has 0 atom stereocenters. The number of hydrogen-bond donors (Lipinski definition) is 0. The highest BCUT2D eigenvalue weighted by Gasteiger charge is 2.25. The Morgan fingerprint density at radius 2 is 1.60 bits per heavy atom. The highest BCUT2D eigenvalue weighted by molar-refractivity contribution is 5.94. The quantitative estimate of drug-likeness (QED) is 0.664. The molecule has 0 aliphatic carbocycles. The first kappa shape index (κ1) is 18.7. The molecule has 2 aromatic heterocycles. The van der Waals surface area contributed by atoms with Crippen LogP contribution in [0.2, 0.25) is 0 Å². The number of hydrogen-bond acceptors (Lipinski definition) is 7. The first-order chi connectivity index (χ1) is 14.7. The Labute approximate surface area is 175 Å². The van der Waals surface area contributed by atoms with Crippen LogP contribution in [0, 0.1) is 6.92 Å². The van der Waals surface area contributed by atoms with Crippen LogP contribution < -0.4 is 9.80 Å². The van der Waals surface area contributed by atoms with Gasteiger partial charge < -0.3 is 14.7 Å². The third-order valence-electron chi connectivity index (χ3n) is 5.78. The van der Waals surface area contributed by atoms with Crippen LogP contribution in [0.15, 0.2) is 36.5 Å². The van der Waals surface area contributed by atoms with Gasteiger partial charge >= 0.3 is 0 Å². The molecule has 30 heavy (non-hydrogen) atoms. The van der Waals surface area contributed by atoms with Gasteiger partial charge in [0.05, 0.1) is 17.2 Å². The molecule has 4 heterocycles. The SMILES string of the molecule is Cc1cc(N2CCCC2)nc(N2CCN(C(=O)c3cnc4ccccc4n3)CC2)n1. The summed E-state index contributed by atoms with van der Waals surface area (Å²) >= 11 is 0. The zero-order chi connectivity index (χ0) is 20.5. The van der Waals surface area contributed by atoms with Crippen LogP contribution in [0.1, 0.15) is 29.0 Å². The van der Waals surface area contributed by atoms with Crippen molar-refractivity contribution in [3.05, 3.63) is 47.9 Å². The van der Waals surface area contributed by atoms with Crippen molar-refractivity contribution in [1.29, 1.82) is 0 Å². The van der Waals surface area contributed by atoms with Gasteiger partial charge in [-0.2, -0.15) is 4.98 Å². The summed E-state index contributed by atoms with van der Waals surface area (Å²) < 4.78 is 0. The van der Waals surface area contributed by atoms with Gasteiger partial charge in [0.2, 0.25) is 5.95 Å². The fourth-order valence-corrected chi connectivity index (χ4v) is 4.12. The molecule has 0 radical (unpaired) electrons. The smallest absolute Gasteiger partial charge is 0.274 e. The number of rotatable bonds is 3. The van der Waals surface area contributed by atoms with Crippen LogP contribution in [-0.4, -0.2) is 70.0 Å². The second-order valence-electron chi connectivity index (χ2n) is 7.88. The van der Waals surface area contributed by atoms with Crippen molar-refractivity contribution in [3.8, 4) is 0 Å². The van der Waals surface area contributed by atoms with Gasteiger partial charge in [-0.25, -0.2) is 9.97 Å². The predicted octanol–water partition coefficient (Wildman–Crippen LogP) is 2.29. The normalized spacial score (nSPS) is 17.0. The molecule has 5 rings (SSSR count). The molecule has 1 aromatic carbocycles. The second-order valence-corrected chi connectivity index (χ2v) is 7.88. The second kappa shape index (κ2) is 7.85. The average Bonchev–Trinajstić information content (AvgIpc) is 3.33. The number of nitrogens with zero attached hydrogens (tertiary/aromatic N) is 7. The first-order valence-electron chi connectivity index (χ1n) is 10.5. The molecule has 0 bridgehead atoms. The lowest BCUT2D eigenvalue weighted by molar-refractivity contribution is 0.0740. The molecule has 0 unspecified atom stereocenters. The number of amides is 1. The third kappa shape index (κ3) is 3.65. The molecule has 0 N–H and O–H groups in total. The van der Waals surface area contributed by atoms with Crippen molar-refractivity contribution in [2.75, 3.05) is 49.1 Å². The molecule has 8 heteroatoms. The molecular formula is C22H25N7O. The Kier molecular flexibility index (Phi) is 4.90. The Hall–Kier alpha value is -3.29. The average molecular weight is 403 g/mol. The summed E-state index contributed by atoms with van der Waals surface area (Å²) in [7, 11) is 0. The lowest BCUT2D eigenvalue weighted by atomic mass is 10.2. The van der Waals surface area contributed by atoms with Gasteiger partial charge in [0, 0.05) is 51.0 Å². The lowest BCUT2D eigenvalue weighted by Gasteiger charge is -2.35. The van der Waals surface area contributed by atoms with Crippen molar-refractivity contribution < 1.29 is 4.79 Å². The van der Waals surface area contributed by atoms with Crippen molar-refractivity contribution in [1.82, 2.24) is 24.8 Å². The van der Waals surface area contributed by atoms with Crippen LogP contribution in [0.4, 0.5) is 11.8 Å². The zero-order valence-corrected chi connectivity index (χ0v) is 17.2. The molecule has 8 nitrogen and oxygen atoms in total. The summed E-state index contributed by atoms with van der Waals surface area (Å²) in [4.78, 5) is 37.6. The molecule has 154 valence electrons. The maximum Gasteiger partial charge on any atom is 0.274 e. The zero-order valence-electron chi connectivity index (χ0n) is 17.2. The van der Waals surface area contributed by atoms with E-state index < -0.39 is 0 Å². The molecular weight excluding hydrogens is 378 g/mol. The lowest BCUT2D eigenvalue weighted by Crippen LogP contribution is -2.49. The van der Waals surface area contributed by atoms with Crippen LogP contribution >= 0.6 is 0 Å². The minimum Gasteiger partial charge on any atom is -0.356 e. The fraction of sp³-hybridized carbons (Fsp3) is 0.409. The number of anilines is 2. The van der Waals surface area contributed by atoms with E-state index in [9.17, 15) is 4.79 Å². The van der Waals surface area contributed by atoms with Crippen LogP contribution in [0.25, 0.3) is 11.0 Å². The maximum atomic E-state index is 12.9. The molecule has 2 saturated heterocycles. The topological polar surface area (TPSA) is 78.4 Å². The van der Waals surface area contributed by atoms with E-state index in [2.05, 4.69) is 30.8 Å². The highest BCUT2D eigenvalue weighted by Crippen LogP contribution is 2.22. The standard InChI is InChI=1S/C22H25N7O/c1-16-14-20(27-8-4-5-9-27)26-22(24-16)29-12-10-28(11-13-29)21(30)19-15-23-17-6-2-3-7-18(17)25-19/h2-3,6-7,14-15H,4-5,8-13H2,1H3. The van der Waals surface area contributed by atoms with Gasteiger partial charge in [0.1, 0.15) is 11.5 Å². The number of piperazine rings is 1. The summed E-state index contributed by atoms with van der Waals surface area (Å²) in [5, 5.41) is 0. The first-order valence-corrected chi connectivity index (χ1v) is 10.5. The highest BCUT2D eigenvalue weighted by atomic mass is 16.2. The van der Waals surface area contributed by atoms with Crippen molar-refractivity contribution in [3.63, 3.8) is 0 Å². The van der Waals surface area contributed by atoms with E-state index >= 15 is 0 Å². The van der Waals surface area contributed by atoms with Crippen molar-refractivity contribution in [2.45, 2.75) is 19.8 Å². The van der Waals surface area contributed by atoms with E-state index in [1.165, 1.54) is 12.8 Å². The van der Waals surface area contributed by atoms with Gasteiger partial charge in [-0.05, 0) is 31.9 Å². The van der Waals surface area contributed by atoms with E-state index in [1.807, 2.05) is 36.1 Å². The molecule has 0 spiro atoms. The third-order valence-corrected chi connectivity index (χ3v) is 5.78. The summed E-state index contributed by atoms with van der Waals surface area (Å²) in [6.45, 7) is 6.78. The van der Waals surface area contributed by atoms with Gasteiger partial charge in [-0.3, -0.25) is 9.78 Å². The predicted molar refractivity (Wildman–Crippen MR) is 116 cm³/mol. The van der Waals surface area contributed by atoms with Crippen LogP contribution in [-0.2, 0) is 0 Å². The minimum atomic E-state index is -0.0733. The summed E-state index contributed by atoms with van der Waals surface area (Å²) in [5.41, 5.74) is 2.91. The van der Waals surface area contributed by atoms with E-state index in [4.69, 9.17) is 4.98 Å². The molecule has 2 aliphatic heterocycles. The molecule has 1 amide bonds. The summed E-state index contributed by atoms with van der Waals surface area (Å²) in [6.07, 6.45) is 4.01. The van der Waals surface area contributed by atoms with E-state index in [0.717, 1.165) is 41.6 Å². The van der Waals surface area contributed by atoms with E-state index in [-0.39, 0.29) is 5.91 Å².